The van der Waals surface area contributed by atoms with Crippen molar-refractivity contribution in [2.24, 2.45) is 4.99 Å². The van der Waals surface area contributed by atoms with Gasteiger partial charge < -0.3 is 20.6 Å². The van der Waals surface area contributed by atoms with Gasteiger partial charge >= 0.3 is 0 Å². The molecule has 3 N–H and O–H groups in total. The normalized spacial score (nSPS) is 13.2. The highest BCUT2D eigenvalue weighted by atomic mass is 16.3. The Labute approximate surface area is 134 Å². The van der Waals surface area contributed by atoms with Gasteiger partial charge in [-0.05, 0) is 46.0 Å². The summed E-state index contributed by atoms with van der Waals surface area (Å²) in [6.07, 6.45) is 1.26. The number of aliphatic hydroxyl groups is 1. The maximum absolute atomic E-state index is 10.1. The summed E-state index contributed by atoms with van der Waals surface area (Å²) in [4.78, 5) is 6.70. The molecule has 0 saturated heterocycles. The molecule has 0 aromatic heterocycles. The summed E-state index contributed by atoms with van der Waals surface area (Å²) < 4.78 is 0. The average Bonchev–Trinajstić information content (AvgIpc) is 2.52. The van der Waals surface area contributed by atoms with Crippen LogP contribution >= 0.6 is 0 Å². The van der Waals surface area contributed by atoms with Crippen LogP contribution in [0.3, 0.4) is 0 Å². The van der Waals surface area contributed by atoms with E-state index in [0.29, 0.717) is 13.0 Å². The first-order valence-corrected chi connectivity index (χ1v) is 8.03. The lowest BCUT2D eigenvalue weighted by Crippen LogP contribution is -2.38. The molecule has 0 amide bonds. The maximum atomic E-state index is 10.1. The van der Waals surface area contributed by atoms with Crippen molar-refractivity contribution in [1.82, 2.24) is 15.5 Å². The number of aliphatic hydroxyl groups excluding tert-OH is 1. The summed E-state index contributed by atoms with van der Waals surface area (Å²) in [5, 5.41) is 16.6. The molecule has 1 aromatic rings. The predicted octanol–water partition coefficient (Wildman–Crippen LogP) is 1.62. The Kier molecular flexibility index (Phi) is 9.26. The third kappa shape index (κ3) is 8.00. The van der Waals surface area contributed by atoms with Crippen LogP contribution in [0.2, 0.25) is 0 Å². The summed E-state index contributed by atoms with van der Waals surface area (Å²) >= 11 is 0. The van der Waals surface area contributed by atoms with Crippen molar-refractivity contribution < 1.29 is 5.11 Å². The molecule has 0 fully saturated rings. The lowest BCUT2D eigenvalue weighted by molar-refractivity contribution is 0.168. The van der Waals surface area contributed by atoms with Gasteiger partial charge in [0.15, 0.2) is 5.96 Å². The van der Waals surface area contributed by atoms with E-state index in [-0.39, 0.29) is 0 Å². The Morgan fingerprint density at radius 2 is 1.95 bits per heavy atom. The highest BCUT2D eigenvalue weighted by molar-refractivity contribution is 5.79. The first-order valence-electron chi connectivity index (χ1n) is 8.03. The molecule has 1 rings (SSSR count). The average molecular weight is 306 g/mol. The zero-order valence-electron chi connectivity index (χ0n) is 14.0. The van der Waals surface area contributed by atoms with Crippen molar-refractivity contribution in [3.05, 3.63) is 35.9 Å². The summed E-state index contributed by atoms with van der Waals surface area (Å²) in [5.41, 5.74) is 0.956. The fourth-order valence-corrected chi connectivity index (χ4v) is 2.09. The van der Waals surface area contributed by atoms with Crippen LogP contribution in [-0.4, -0.2) is 56.2 Å². The number of aliphatic imine (C=N–C) groups is 1. The number of rotatable bonds is 9. The van der Waals surface area contributed by atoms with Crippen molar-refractivity contribution in [3.8, 4) is 0 Å². The molecule has 0 bridgehead atoms. The zero-order valence-corrected chi connectivity index (χ0v) is 14.0. The van der Waals surface area contributed by atoms with Gasteiger partial charge in [0.2, 0.25) is 0 Å². The van der Waals surface area contributed by atoms with Gasteiger partial charge in [0.25, 0.3) is 0 Å². The van der Waals surface area contributed by atoms with Crippen LogP contribution in [0.15, 0.2) is 35.3 Å². The van der Waals surface area contributed by atoms with Crippen LogP contribution < -0.4 is 10.6 Å². The Bertz CT molecular complexity index is 420. The fourth-order valence-electron chi connectivity index (χ4n) is 2.09. The minimum absolute atomic E-state index is 0.440. The van der Waals surface area contributed by atoms with E-state index in [1.54, 1.807) is 0 Å². The highest BCUT2D eigenvalue weighted by Crippen LogP contribution is 2.14. The van der Waals surface area contributed by atoms with Gasteiger partial charge in [0, 0.05) is 19.6 Å². The Morgan fingerprint density at radius 1 is 1.23 bits per heavy atom. The van der Waals surface area contributed by atoms with Crippen LogP contribution in [0.25, 0.3) is 0 Å². The molecule has 0 spiro atoms. The van der Waals surface area contributed by atoms with Crippen molar-refractivity contribution in [2.75, 3.05) is 40.3 Å². The van der Waals surface area contributed by atoms with Crippen molar-refractivity contribution in [3.63, 3.8) is 0 Å². The zero-order chi connectivity index (χ0) is 16.2. The van der Waals surface area contributed by atoms with Crippen LogP contribution in [0.5, 0.6) is 0 Å². The van der Waals surface area contributed by atoms with E-state index >= 15 is 0 Å². The first kappa shape index (κ1) is 18.5. The Hall–Kier alpha value is -1.59. The molecule has 0 aliphatic carbocycles. The second kappa shape index (κ2) is 11.0. The van der Waals surface area contributed by atoms with E-state index in [9.17, 15) is 5.11 Å². The van der Waals surface area contributed by atoms with E-state index in [4.69, 9.17) is 0 Å². The molecule has 1 aromatic carbocycles. The molecule has 22 heavy (non-hydrogen) atoms. The second-order valence-corrected chi connectivity index (χ2v) is 5.56. The number of nitrogens with zero attached hydrogens (tertiary/aromatic N) is 2. The Morgan fingerprint density at radius 3 is 2.59 bits per heavy atom. The standard InChI is InChI=1S/C17H30N4O/c1-4-18-17(19-12-8-14-21(2)3)20-13-11-16(22)15-9-6-5-7-10-15/h5-7,9-10,16,22H,4,8,11-14H2,1-3H3,(H2,18,19,20). The molecule has 0 saturated carbocycles. The molecule has 0 aliphatic heterocycles. The minimum atomic E-state index is -0.440. The van der Waals surface area contributed by atoms with E-state index in [2.05, 4.69) is 41.5 Å². The van der Waals surface area contributed by atoms with Gasteiger partial charge in [-0.2, -0.15) is 0 Å². The van der Waals surface area contributed by atoms with E-state index in [1.807, 2.05) is 30.3 Å². The quantitative estimate of drug-likeness (QED) is 0.369. The molecule has 0 radical (unpaired) electrons. The fraction of sp³-hybridized carbons (Fsp3) is 0.588. The van der Waals surface area contributed by atoms with Gasteiger partial charge in [-0.1, -0.05) is 30.3 Å². The van der Waals surface area contributed by atoms with Gasteiger partial charge in [-0.25, -0.2) is 0 Å². The number of hydrogen-bond donors (Lipinski definition) is 3. The summed E-state index contributed by atoms with van der Waals surface area (Å²) in [7, 11) is 4.14. The number of hydrogen-bond acceptors (Lipinski definition) is 3. The lowest BCUT2D eigenvalue weighted by atomic mass is 10.1. The molecule has 5 nitrogen and oxygen atoms in total. The predicted molar refractivity (Wildman–Crippen MR) is 93.2 cm³/mol. The van der Waals surface area contributed by atoms with Crippen LogP contribution in [0.1, 0.15) is 31.4 Å². The van der Waals surface area contributed by atoms with Crippen molar-refractivity contribution in [2.45, 2.75) is 25.9 Å². The van der Waals surface area contributed by atoms with Crippen LogP contribution in [0, 0.1) is 0 Å². The van der Waals surface area contributed by atoms with Gasteiger partial charge in [0.1, 0.15) is 0 Å². The first-order chi connectivity index (χ1) is 10.6. The van der Waals surface area contributed by atoms with Gasteiger partial charge in [-0.15, -0.1) is 0 Å². The third-order valence-corrected chi connectivity index (χ3v) is 3.27. The van der Waals surface area contributed by atoms with Gasteiger partial charge in [0.05, 0.1) is 6.10 Å². The summed E-state index contributed by atoms with van der Waals surface area (Å²) in [5.74, 6) is 0.821. The van der Waals surface area contributed by atoms with E-state index in [0.717, 1.165) is 37.6 Å². The van der Waals surface area contributed by atoms with Crippen molar-refractivity contribution in [1.29, 1.82) is 0 Å². The van der Waals surface area contributed by atoms with Crippen molar-refractivity contribution >= 4 is 5.96 Å². The molecule has 124 valence electrons. The highest BCUT2D eigenvalue weighted by Gasteiger charge is 2.06. The summed E-state index contributed by atoms with van der Waals surface area (Å²) in [6.45, 7) is 5.41. The monoisotopic (exact) mass is 306 g/mol. The number of nitrogens with one attached hydrogen (secondary N) is 2. The molecule has 0 heterocycles. The maximum Gasteiger partial charge on any atom is 0.191 e. The third-order valence-electron chi connectivity index (χ3n) is 3.27. The topological polar surface area (TPSA) is 59.9 Å². The molecular formula is C17H30N4O. The SMILES string of the molecule is CCNC(=NCCCN(C)C)NCCC(O)c1ccccc1. The van der Waals surface area contributed by atoms with E-state index in [1.165, 1.54) is 0 Å². The van der Waals surface area contributed by atoms with E-state index < -0.39 is 6.10 Å². The van der Waals surface area contributed by atoms with Crippen LogP contribution in [-0.2, 0) is 0 Å². The molecule has 0 aliphatic rings. The number of guanidine groups is 1. The molecular weight excluding hydrogens is 276 g/mol. The minimum Gasteiger partial charge on any atom is -0.388 e. The molecule has 5 heteroatoms. The Balaban J connectivity index is 2.32. The number of benzene rings is 1. The largest absolute Gasteiger partial charge is 0.388 e. The molecule has 1 atom stereocenters. The lowest BCUT2D eigenvalue weighted by Gasteiger charge is -2.14. The smallest absolute Gasteiger partial charge is 0.191 e. The second-order valence-electron chi connectivity index (χ2n) is 5.56. The molecule has 1 unspecified atom stereocenters. The summed E-state index contributed by atoms with van der Waals surface area (Å²) in [6, 6.07) is 9.75. The van der Waals surface area contributed by atoms with Gasteiger partial charge in [-0.3, -0.25) is 4.99 Å². The van der Waals surface area contributed by atoms with Crippen LogP contribution in [0.4, 0.5) is 0 Å².